The van der Waals surface area contributed by atoms with E-state index in [1.54, 1.807) is 19.1 Å². The maximum absolute atomic E-state index is 12.9. The number of nitrogens with zero attached hydrogens (tertiary/aromatic N) is 1. The molecule has 0 unspecified atom stereocenters. The minimum atomic E-state index is -0.349. The molecule has 3 amide bonds. The number of methoxy groups -OCH3 is 2. The Hall–Kier alpha value is -2.44. The van der Waals surface area contributed by atoms with Gasteiger partial charge < -0.3 is 25.0 Å². The number of amides is 3. The van der Waals surface area contributed by atoms with Crippen molar-refractivity contribution >= 4 is 11.9 Å². The highest BCUT2D eigenvalue weighted by atomic mass is 16.5. The summed E-state index contributed by atoms with van der Waals surface area (Å²) in [4.78, 5) is 27.2. The van der Waals surface area contributed by atoms with E-state index in [0.29, 0.717) is 37.1 Å². The van der Waals surface area contributed by atoms with Crippen molar-refractivity contribution in [1.29, 1.82) is 0 Å². The number of rotatable bonds is 7. The first-order valence-electron chi connectivity index (χ1n) is 9.81. The number of nitrogens with one attached hydrogen (secondary N) is 2. The van der Waals surface area contributed by atoms with Gasteiger partial charge in [0.25, 0.3) is 0 Å². The number of ether oxygens (including phenoxy) is 2. The van der Waals surface area contributed by atoms with Gasteiger partial charge in [-0.25, -0.2) is 4.79 Å². The molecular formula is C21H33N3O4. The van der Waals surface area contributed by atoms with Crippen LogP contribution in [-0.2, 0) is 4.79 Å². The molecule has 2 rings (SSSR count). The molecule has 7 nitrogen and oxygen atoms in total. The quantitative estimate of drug-likeness (QED) is 0.749. The topological polar surface area (TPSA) is 79.9 Å². The minimum Gasteiger partial charge on any atom is -0.497 e. The van der Waals surface area contributed by atoms with Crippen LogP contribution in [0.15, 0.2) is 18.2 Å². The van der Waals surface area contributed by atoms with Gasteiger partial charge in [-0.15, -0.1) is 0 Å². The Morgan fingerprint density at radius 1 is 1.14 bits per heavy atom. The average Bonchev–Trinajstić information content (AvgIpc) is 3.10. The molecule has 28 heavy (non-hydrogen) atoms. The highest BCUT2D eigenvalue weighted by molar-refractivity contribution is 5.83. The Morgan fingerprint density at radius 2 is 1.86 bits per heavy atom. The molecule has 0 spiro atoms. The molecule has 2 N–H and O–H groups in total. The van der Waals surface area contributed by atoms with E-state index in [2.05, 4.69) is 24.5 Å². The molecule has 0 radical (unpaired) electrons. The largest absolute Gasteiger partial charge is 0.497 e. The van der Waals surface area contributed by atoms with Gasteiger partial charge in [0.05, 0.1) is 20.1 Å². The van der Waals surface area contributed by atoms with Crippen molar-refractivity contribution in [2.75, 3.05) is 33.9 Å². The first-order valence-corrected chi connectivity index (χ1v) is 9.81. The van der Waals surface area contributed by atoms with Crippen LogP contribution in [0.3, 0.4) is 0 Å². The first kappa shape index (κ1) is 21.9. The molecule has 7 heteroatoms. The van der Waals surface area contributed by atoms with Crippen molar-refractivity contribution in [3.8, 4) is 11.5 Å². The summed E-state index contributed by atoms with van der Waals surface area (Å²) in [5.41, 5.74) is 0.881. The summed E-state index contributed by atoms with van der Waals surface area (Å²) in [5, 5.41) is 5.94. The zero-order chi connectivity index (χ0) is 20.8. The molecule has 0 aliphatic carbocycles. The number of urea groups is 1. The third-order valence-electron chi connectivity index (χ3n) is 4.88. The van der Waals surface area contributed by atoms with Gasteiger partial charge in [0.1, 0.15) is 11.5 Å². The van der Waals surface area contributed by atoms with Gasteiger partial charge in [-0.3, -0.25) is 4.79 Å². The third-order valence-corrected chi connectivity index (χ3v) is 4.88. The van der Waals surface area contributed by atoms with E-state index in [0.717, 1.165) is 5.56 Å². The lowest BCUT2D eigenvalue weighted by molar-refractivity contribution is -0.125. The van der Waals surface area contributed by atoms with E-state index in [-0.39, 0.29) is 29.8 Å². The molecule has 1 aliphatic rings. The van der Waals surface area contributed by atoms with E-state index in [1.807, 2.05) is 32.0 Å². The molecule has 1 fully saturated rings. The SMILES string of the molecule is COc1ccc(OC)c([C@H]2CN(C(=O)NC(C)C)C[C@@H]2C(=O)NCC(C)C)c1. The molecule has 0 saturated carbocycles. The summed E-state index contributed by atoms with van der Waals surface area (Å²) in [6, 6.07) is 5.45. The van der Waals surface area contributed by atoms with E-state index < -0.39 is 0 Å². The third kappa shape index (κ3) is 5.30. The fraction of sp³-hybridized carbons (Fsp3) is 0.619. The smallest absolute Gasteiger partial charge is 0.317 e. The fourth-order valence-electron chi connectivity index (χ4n) is 3.45. The number of carbonyl (C=O) groups is 2. The summed E-state index contributed by atoms with van der Waals surface area (Å²) in [6.07, 6.45) is 0. The Morgan fingerprint density at radius 3 is 2.43 bits per heavy atom. The highest BCUT2D eigenvalue weighted by Gasteiger charge is 2.41. The van der Waals surface area contributed by atoms with Crippen LogP contribution < -0.4 is 20.1 Å². The van der Waals surface area contributed by atoms with Gasteiger partial charge in [0.2, 0.25) is 5.91 Å². The lowest BCUT2D eigenvalue weighted by Gasteiger charge is -2.21. The normalized spacial score (nSPS) is 19.1. The molecular weight excluding hydrogens is 358 g/mol. The molecule has 1 aliphatic heterocycles. The van der Waals surface area contributed by atoms with Crippen LogP contribution in [0.2, 0.25) is 0 Å². The van der Waals surface area contributed by atoms with Gasteiger partial charge in [-0.2, -0.15) is 0 Å². The zero-order valence-electron chi connectivity index (χ0n) is 17.7. The van der Waals surface area contributed by atoms with Crippen LogP contribution in [0.4, 0.5) is 4.79 Å². The molecule has 1 saturated heterocycles. The van der Waals surface area contributed by atoms with Gasteiger partial charge in [-0.05, 0) is 38.0 Å². The van der Waals surface area contributed by atoms with Crippen LogP contribution in [0.1, 0.15) is 39.2 Å². The molecule has 1 aromatic carbocycles. The summed E-state index contributed by atoms with van der Waals surface area (Å²) < 4.78 is 10.9. The van der Waals surface area contributed by atoms with Crippen molar-refractivity contribution in [2.24, 2.45) is 11.8 Å². The Balaban J connectivity index is 2.33. The monoisotopic (exact) mass is 391 g/mol. The van der Waals surface area contributed by atoms with Crippen LogP contribution >= 0.6 is 0 Å². The maximum Gasteiger partial charge on any atom is 0.317 e. The fourth-order valence-corrected chi connectivity index (χ4v) is 3.45. The molecule has 0 bridgehead atoms. The standard InChI is InChI=1S/C21H33N3O4/c1-13(2)10-22-20(25)18-12-24(21(26)23-14(3)4)11-17(18)16-9-15(27-5)7-8-19(16)28-6/h7-9,13-14,17-18H,10-12H2,1-6H3,(H,22,25)(H,23,26)/t17-,18+/m1/s1. The molecule has 2 atom stereocenters. The van der Waals surface area contributed by atoms with E-state index in [1.165, 1.54) is 0 Å². The number of carbonyl (C=O) groups excluding carboxylic acids is 2. The predicted octanol–water partition coefficient (Wildman–Crippen LogP) is 2.61. The maximum atomic E-state index is 12.9. The predicted molar refractivity (Wildman–Crippen MR) is 109 cm³/mol. The van der Waals surface area contributed by atoms with E-state index in [4.69, 9.17) is 9.47 Å². The van der Waals surface area contributed by atoms with Gasteiger partial charge in [-0.1, -0.05) is 13.8 Å². The van der Waals surface area contributed by atoms with Gasteiger partial charge in [0, 0.05) is 37.2 Å². The van der Waals surface area contributed by atoms with Crippen LogP contribution in [-0.4, -0.2) is 56.7 Å². The second-order valence-electron chi connectivity index (χ2n) is 7.97. The number of likely N-dealkylation sites (tertiary alicyclic amines) is 1. The Kier molecular flexibility index (Phi) is 7.54. The summed E-state index contributed by atoms with van der Waals surface area (Å²) in [5.74, 6) is 1.19. The second kappa shape index (κ2) is 9.66. The molecule has 1 heterocycles. The minimum absolute atomic E-state index is 0.0334. The van der Waals surface area contributed by atoms with Crippen molar-refractivity contribution in [3.63, 3.8) is 0 Å². The van der Waals surface area contributed by atoms with Gasteiger partial charge >= 0.3 is 6.03 Å². The van der Waals surface area contributed by atoms with E-state index in [9.17, 15) is 9.59 Å². The van der Waals surface area contributed by atoms with Crippen LogP contribution in [0.25, 0.3) is 0 Å². The highest BCUT2D eigenvalue weighted by Crippen LogP contribution is 2.39. The van der Waals surface area contributed by atoms with Crippen molar-refractivity contribution < 1.29 is 19.1 Å². The number of benzene rings is 1. The second-order valence-corrected chi connectivity index (χ2v) is 7.97. The Bertz CT molecular complexity index is 690. The van der Waals surface area contributed by atoms with Crippen LogP contribution in [0.5, 0.6) is 11.5 Å². The summed E-state index contributed by atoms with van der Waals surface area (Å²) in [6.45, 7) is 9.37. The number of hydrogen-bond acceptors (Lipinski definition) is 4. The first-order chi connectivity index (χ1) is 13.3. The number of hydrogen-bond donors (Lipinski definition) is 2. The molecule has 1 aromatic rings. The Labute approximate surface area is 167 Å². The molecule has 156 valence electrons. The van der Waals surface area contributed by atoms with Crippen LogP contribution in [0, 0.1) is 11.8 Å². The van der Waals surface area contributed by atoms with E-state index >= 15 is 0 Å². The molecule has 0 aromatic heterocycles. The lowest BCUT2D eigenvalue weighted by atomic mass is 9.87. The van der Waals surface area contributed by atoms with Gasteiger partial charge in [0.15, 0.2) is 0 Å². The summed E-state index contributed by atoms with van der Waals surface area (Å²) in [7, 11) is 3.22. The average molecular weight is 392 g/mol. The summed E-state index contributed by atoms with van der Waals surface area (Å²) >= 11 is 0. The zero-order valence-corrected chi connectivity index (χ0v) is 17.7. The van der Waals surface area contributed by atoms with Crippen molar-refractivity contribution in [3.05, 3.63) is 23.8 Å². The lowest BCUT2D eigenvalue weighted by Crippen LogP contribution is -2.42. The van der Waals surface area contributed by atoms with Crippen molar-refractivity contribution in [2.45, 2.75) is 39.7 Å². The van der Waals surface area contributed by atoms with Crippen molar-refractivity contribution in [1.82, 2.24) is 15.5 Å².